The molecule has 0 saturated heterocycles. The Morgan fingerprint density at radius 1 is 1.17 bits per heavy atom. The molecular weight excluding hydrogens is 375 g/mol. The zero-order valence-corrected chi connectivity index (χ0v) is 17.2. The first-order valence-corrected chi connectivity index (χ1v) is 4.37. The molecule has 0 saturated carbocycles. The van der Waals surface area contributed by atoms with E-state index in [0.29, 0.717) is 6.07 Å². The number of carbonyl (C=O) groups is 1. The number of carboxylic acid groups (broad SMARTS) is 2. The quantitative estimate of drug-likeness (QED) is 0.457. The van der Waals surface area contributed by atoms with Gasteiger partial charge in [-0.15, -0.1) is 0 Å². The number of benzene rings is 1. The summed E-state index contributed by atoms with van der Waals surface area (Å²) in [6.45, 7) is 0. The van der Waals surface area contributed by atoms with E-state index in [1.54, 1.807) is 0 Å². The Balaban J connectivity index is -0.000000332. The number of alkyl halides is 3. The topological polar surface area (TPSA) is 83.4 Å². The fraction of sp³-hybridized carbons (Fsp3) is 0.125. The first-order valence-electron chi connectivity index (χ1n) is 3.57. The summed E-state index contributed by atoms with van der Waals surface area (Å²) in [5.41, 5.74) is -0.866. The van der Waals surface area contributed by atoms with Gasteiger partial charge in [-0.05, 0) is 24.4 Å². The van der Waals surface area contributed by atoms with Crippen LogP contribution in [0.25, 0.3) is 0 Å². The van der Waals surface area contributed by atoms with Crippen molar-refractivity contribution in [1.29, 1.82) is 0 Å². The summed E-state index contributed by atoms with van der Waals surface area (Å²) in [6, 6.07) is 2.76. The van der Waals surface area contributed by atoms with E-state index in [4.69, 9.17) is 20.1 Å². The van der Waals surface area contributed by atoms with E-state index in [2.05, 4.69) is 15.9 Å². The minimum absolute atomic E-state index is 0. The Kier molecular flexibility index (Phi) is 15.8. The number of hydrogen-bond acceptors (Lipinski definition) is 4. The predicted molar refractivity (Wildman–Crippen MR) is 46.2 cm³/mol. The number of carbonyl (C=O) groups excluding carboxylic acids is 1. The van der Waals surface area contributed by atoms with Gasteiger partial charge < -0.3 is 20.1 Å². The Bertz CT molecular complexity index is 363. The molecule has 0 unspecified atom stereocenters. The molecule has 0 amide bonds. The number of hydrogen-bond donors (Lipinski definition) is 1. The molecule has 1 N–H and O–H groups in total. The van der Waals surface area contributed by atoms with Gasteiger partial charge >= 0.3 is 109 Å². The molecule has 90 valence electrons. The van der Waals surface area contributed by atoms with Crippen LogP contribution in [0.1, 0.15) is 5.56 Å². The van der Waals surface area contributed by atoms with Crippen molar-refractivity contribution >= 4 is 22.1 Å². The van der Waals surface area contributed by atoms with Crippen molar-refractivity contribution < 1.29 is 136 Å². The number of phenols is 1. The largest absolute Gasteiger partial charge is 1.00 e. The van der Waals surface area contributed by atoms with Gasteiger partial charge in [0.15, 0.2) is 0 Å². The normalized spacial score (nSPS) is 9.11. The summed E-state index contributed by atoms with van der Waals surface area (Å²) in [7, 11) is 0. The van der Waals surface area contributed by atoms with Gasteiger partial charge in [-0.25, -0.2) is 0 Å². The average Bonchev–Trinajstić information content (AvgIpc) is 1.98. The molecule has 1 aromatic rings. The zero-order valence-electron chi connectivity index (χ0n) is 9.42. The van der Waals surface area contributed by atoms with E-state index < -0.39 is 23.6 Å². The van der Waals surface area contributed by atoms with Crippen molar-refractivity contribution in [3.8, 4) is 5.75 Å². The molecule has 0 fully saturated rings. The number of phenolic OH excluding ortho intramolecular Hbond substituents is 1. The van der Waals surface area contributed by atoms with Crippen LogP contribution in [0.4, 0.5) is 18.0 Å². The molecule has 0 aromatic heterocycles. The summed E-state index contributed by atoms with van der Waals surface area (Å²) in [5.74, 6) is -0.406. The third-order valence-electron chi connectivity index (χ3n) is 1.21. The smallest absolute Gasteiger partial charge is 0.652 e. The first kappa shape index (κ1) is 24.8. The van der Waals surface area contributed by atoms with Gasteiger partial charge in [-0.1, -0.05) is 15.9 Å². The molecule has 1 aromatic carbocycles. The second kappa shape index (κ2) is 11.5. The van der Waals surface area contributed by atoms with Crippen LogP contribution in [0.5, 0.6) is 5.75 Å². The molecule has 0 bridgehead atoms. The number of rotatable bonds is 0. The third-order valence-corrected chi connectivity index (χ3v) is 1.67. The third kappa shape index (κ3) is 12.8. The summed E-state index contributed by atoms with van der Waals surface area (Å²) in [4.78, 5) is 8.33. The van der Waals surface area contributed by atoms with Crippen LogP contribution in [0, 0.1) is 0 Å². The van der Waals surface area contributed by atoms with Crippen LogP contribution in [0.3, 0.4) is 0 Å². The molecule has 4 nitrogen and oxygen atoms in total. The fourth-order valence-corrected chi connectivity index (χ4v) is 1.22. The zero-order chi connectivity index (χ0) is 12.9. The van der Waals surface area contributed by atoms with Gasteiger partial charge in [-0.2, -0.15) is 13.2 Å². The Hall–Kier alpha value is 1.83. The maximum Gasteiger partial charge on any atom is 1.00 e. The minimum Gasteiger partial charge on any atom is -0.652 e. The molecule has 18 heavy (non-hydrogen) atoms. The van der Waals surface area contributed by atoms with Gasteiger partial charge in [0.25, 0.3) is 0 Å². The molecule has 10 heteroatoms. The summed E-state index contributed by atoms with van der Waals surface area (Å²) >= 11 is 2.85. The van der Waals surface area contributed by atoms with E-state index in [0.717, 1.165) is 6.07 Å². The Morgan fingerprint density at radius 2 is 1.56 bits per heavy atom. The summed E-state index contributed by atoms with van der Waals surface area (Å²) in [6.07, 6.45) is -6.75. The van der Waals surface area contributed by atoms with Gasteiger partial charge in [0, 0.05) is 4.47 Å². The summed E-state index contributed by atoms with van der Waals surface area (Å²) < 4.78 is 36.3. The molecule has 1 rings (SSSR count). The predicted octanol–water partition coefficient (Wildman–Crippen LogP) is -5.27. The Labute approximate surface area is 194 Å². The second-order valence-electron chi connectivity index (χ2n) is 2.45. The maximum absolute atomic E-state index is 12.0. The van der Waals surface area contributed by atoms with Crippen LogP contribution in [-0.2, 0) is 6.18 Å². The van der Waals surface area contributed by atoms with Crippen LogP contribution in [-0.4, -0.2) is 11.3 Å². The molecule has 0 heterocycles. The van der Waals surface area contributed by atoms with Crippen molar-refractivity contribution in [3.05, 3.63) is 28.2 Å². The van der Waals surface area contributed by atoms with E-state index in [-0.39, 0.29) is 107 Å². The van der Waals surface area contributed by atoms with E-state index in [1.807, 2.05) is 0 Å². The van der Waals surface area contributed by atoms with Crippen LogP contribution >= 0.6 is 15.9 Å². The molecular formula is C8H4BrF3K2O4. The second-order valence-corrected chi connectivity index (χ2v) is 3.36. The molecule has 0 spiro atoms. The summed E-state index contributed by atoms with van der Waals surface area (Å²) in [5, 5.41) is 25.5. The molecule has 0 atom stereocenters. The van der Waals surface area contributed by atoms with E-state index in [9.17, 15) is 13.2 Å². The van der Waals surface area contributed by atoms with E-state index >= 15 is 0 Å². The van der Waals surface area contributed by atoms with Gasteiger partial charge in [0.05, 0.1) is 5.56 Å². The molecule has 0 radical (unpaired) electrons. The number of aromatic hydroxyl groups is 1. The SMILES string of the molecule is O=C([O-])[O-].Oc1cc(Br)cc(C(F)(F)F)c1.[K+].[K+]. The van der Waals surface area contributed by atoms with Crippen molar-refractivity contribution in [2.45, 2.75) is 6.18 Å². The van der Waals surface area contributed by atoms with Gasteiger partial charge in [-0.3, -0.25) is 0 Å². The monoisotopic (exact) mass is 378 g/mol. The van der Waals surface area contributed by atoms with Gasteiger partial charge in [0.1, 0.15) is 5.75 Å². The van der Waals surface area contributed by atoms with Crippen molar-refractivity contribution in [3.63, 3.8) is 0 Å². The average molecular weight is 379 g/mol. The Morgan fingerprint density at radius 3 is 1.83 bits per heavy atom. The molecule has 0 aliphatic rings. The standard InChI is InChI=1S/C7H4BrF3O.CH2O3.2K/c8-5-1-4(7(9,10)11)2-6(12)3-5;2-1(3)4;;/h1-3,12H;(H2,2,3,4);;/q;;2*+1/p-2. The fourth-order valence-electron chi connectivity index (χ4n) is 0.738. The van der Waals surface area contributed by atoms with Crippen molar-refractivity contribution in [2.24, 2.45) is 0 Å². The van der Waals surface area contributed by atoms with Crippen LogP contribution in [0.2, 0.25) is 0 Å². The van der Waals surface area contributed by atoms with Crippen molar-refractivity contribution in [2.75, 3.05) is 0 Å². The first-order chi connectivity index (χ1) is 7.12. The van der Waals surface area contributed by atoms with Gasteiger partial charge in [0.2, 0.25) is 0 Å². The molecule has 0 aliphatic carbocycles. The van der Waals surface area contributed by atoms with Crippen molar-refractivity contribution in [1.82, 2.24) is 0 Å². The maximum atomic E-state index is 12.0. The van der Waals surface area contributed by atoms with Crippen LogP contribution < -0.4 is 113 Å². The van der Waals surface area contributed by atoms with E-state index in [1.165, 1.54) is 6.07 Å². The van der Waals surface area contributed by atoms with Crippen LogP contribution in [0.15, 0.2) is 22.7 Å². The minimum atomic E-state index is -4.42. The number of halogens is 4. The molecule has 0 aliphatic heterocycles.